The summed E-state index contributed by atoms with van der Waals surface area (Å²) in [5, 5.41) is 17.0. The highest BCUT2D eigenvalue weighted by molar-refractivity contribution is 5.81. The van der Waals surface area contributed by atoms with Gasteiger partial charge in [-0.2, -0.15) is 0 Å². The minimum atomic E-state index is -1.11. The molecule has 0 amide bonds. The maximum atomic E-state index is 12.2. The molecule has 2 aliphatic carbocycles. The van der Waals surface area contributed by atoms with Crippen molar-refractivity contribution in [2.24, 2.45) is 5.73 Å². The molecule has 6 rings (SSSR count). The van der Waals surface area contributed by atoms with Crippen LogP contribution in [-0.4, -0.2) is 177 Å². The van der Waals surface area contributed by atoms with Crippen LogP contribution in [0.15, 0.2) is 97.1 Å². The van der Waals surface area contributed by atoms with E-state index in [9.17, 15) is 28.8 Å². The van der Waals surface area contributed by atoms with Crippen molar-refractivity contribution in [2.75, 3.05) is 125 Å². The highest BCUT2D eigenvalue weighted by Gasteiger charge is 2.30. The van der Waals surface area contributed by atoms with Crippen LogP contribution in [0.4, 0.5) is 0 Å². The van der Waals surface area contributed by atoms with Crippen LogP contribution in [-0.2, 0) is 80.9 Å². The summed E-state index contributed by atoms with van der Waals surface area (Å²) in [6.45, 7) is 10.2. The lowest BCUT2D eigenvalue weighted by molar-refractivity contribution is -0.156. The van der Waals surface area contributed by atoms with Crippen LogP contribution < -0.4 is 5.73 Å². The molecule has 0 saturated heterocycles. The van der Waals surface area contributed by atoms with E-state index >= 15 is 0 Å². The number of ether oxygens (including phenoxy) is 11. The molecule has 0 saturated carbocycles. The van der Waals surface area contributed by atoms with Gasteiger partial charge in [-0.05, 0) is 71.7 Å². The van der Waals surface area contributed by atoms with E-state index in [1.165, 1.54) is 0 Å². The Bertz CT molecular complexity index is 2380. The van der Waals surface area contributed by atoms with E-state index in [-0.39, 0.29) is 76.1 Å². The van der Waals surface area contributed by atoms with Crippen molar-refractivity contribution in [2.45, 2.75) is 63.9 Å². The standard InChI is InChI=1S/C28H34O9.C18H16O5.C13H27NO5/c29-21(6-5-12-33-14-16-35-17-15-34-13-11-27(30)31)18-36-20-28(32)37-19-26-24-9-3-1-7-22(24)23-8-2-4-10-25(23)26;19-17(20)10-22-11-18(21)23-9-16-14-7-3-1-5-12(14)13-6-2-4-8-15(13)16;1-13(2,3)19-12(15)4-6-16-8-10-18-11-9-17-7-5-14/h1-4,7-10,26H,5-6,11-20H2,(H,30,31);1-8,16H,9-11H2,(H,19,20);4-11,14H2,1-3H3. The second-order valence-electron chi connectivity index (χ2n) is 18.8. The molecule has 4 aromatic carbocycles. The molecular weight excluding hydrogens is 1030 g/mol. The first kappa shape index (κ1) is 65.1. The van der Waals surface area contributed by atoms with E-state index in [2.05, 4.69) is 36.4 Å². The van der Waals surface area contributed by atoms with Gasteiger partial charge in [0.05, 0.1) is 85.5 Å². The van der Waals surface area contributed by atoms with Crippen LogP contribution in [0.1, 0.15) is 80.5 Å². The smallest absolute Gasteiger partial charge is 0.332 e. The summed E-state index contributed by atoms with van der Waals surface area (Å²) in [5.74, 6) is -3.44. The number of hydrogen-bond donors (Lipinski definition) is 3. The number of carboxylic acid groups (broad SMARTS) is 2. The Morgan fingerprint density at radius 3 is 1.18 bits per heavy atom. The lowest BCUT2D eigenvalue weighted by atomic mass is 9.98. The molecule has 0 atom stereocenters. The molecule has 0 heterocycles. The van der Waals surface area contributed by atoms with Gasteiger partial charge in [0.2, 0.25) is 0 Å². The van der Waals surface area contributed by atoms with Crippen LogP contribution in [0.5, 0.6) is 0 Å². The minimum Gasteiger partial charge on any atom is -0.481 e. The fraction of sp³-hybridized carbons (Fsp3) is 0.492. The maximum Gasteiger partial charge on any atom is 0.332 e. The molecule has 0 fully saturated rings. The first-order valence-electron chi connectivity index (χ1n) is 26.3. The number of carbonyl (C=O) groups is 6. The van der Waals surface area contributed by atoms with Gasteiger partial charge in [-0.15, -0.1) is 0 Å². The first-order chi connectivity index (χ1) is 38.2. The lowest BCUT2D eigenvalue weighted by Crippen LogP contribution is -2.24. The summed E-state index contributed by atoms with van der Waals surface area (Å²) in [5.41, 5.74) is 14.0. The third-order valence-corrected chi connectivity index (χ3v) is 11.5. The molecule has 0 spiro atoms. The lowest BCUT2D eigenvalue weighted by Gasteiger charge is -2.19. The van der Waals surface area contributed by atoms with Gasteiger partial charge in [-0.1, -0.05) is 97.1 Å². The van der Waals surface area contributed by atoms with Gasteiger partial charge in [0, 0.05) is 31.4 Å². The number of hydrogen-bond acceptors (Lipinski definition) is 18. The minimum absolute atomic E-state index is 0.00850. The van der Waals surface area contributed by atoms with Gasteiger partial charge in [-0.25, -0.2) is 14.4 Å². The van der Waals surface area contributed by atoms with E-state index in [1.54, 1.807) is 0 Å². The second kappa shape index (κ2) is 37.4. The summed E-state index contributed by atoms with van der Waals surface area (Å²) in [6.07, 6.45) is 1.08. The number of benzene rings is 4. The van der Waals surface area contributed by atoms with Crippen LogP contribution in [0.25, 0.3) is 22.3 Å². The first-order valence-corrected chi connectivity index (χ1v) is 26.3. The number of carboxylic acids is 2. The predicted octanol–water partition coefficient (Wildman–Crippen LogP) is 6.40. The van der Waals surface area contributed by atoms with E-state index < -0.39 is 36.1 Å². The van der Waals surface area contributed by atoms with Crippen molar-refractivity contribution in [1.29, 1.82) is 0 Å². The van der Waals surface area contributed by atoms with Crippen molar-refractivity contribution in [3.05, 3.63) is 119 Å². The van der Waals surface area contributed by atoms with Gasteiger partial charge in [-0.3, -0.25) is 14.4 Å². The van der Waals surface area contributed by atoms with E-state index in [1.807, 2.05) is 81.4 Å². The van der Waals surface area contributed by atoms with Crippen molar-refractivity contribution in [1.82, 2.24) is 0 Å². The third-order valence-electron chi connectivity index (χ3n) is 11.5. The Labute approximate surface area is 462 Å². The molecule has 0 radical (unpaired) electrons. The molecule has 432 valence electrons. The largest absolute Gasteiger partial charge is 0.481 e. The molecule has 20 nitrogen and oxygen atoms in total. The number of aliphatic carboxylic acids is 2. The van der Waals surface area contributed by atoms with Gasteiger partial charge in [0.15, 0.2) is 5.78 Å². The molecule has 4 N–H and O–H groups in total. The molecule has 2 aliphatic rings. The zero-order valence-electron chi connectivity index (χ0n) is 45.6. The van der Waals surface area contributed by atoms with Gasteiger partial charge in [0.25, 0.3) is 0 Å². The normalized spacial score (nSPS) is 12.2. The quantitative estimate of drug-likeness (QED) is 0.0252. The highest BCUT2D eigenvalue weighted by atomic mass is 16.6. The summed E-state index contributed by atoms with van der Waals surface area (Å²) < 4.78 is 57.3. The highest BCUT2D eigenvalue weighted by Crippen LogP contribution is 2.45. The van der Waals surface area contributed by atoms with Crippen molar-refractivity contribution >= 4 is 35.6 Å². The molecule has 0 unspecified atom stereocenters. The fourth-order valence-electron chi connectivity index (χ4n) is 8.10. The zero-order valence-corrected chi connectivity index (χ0v) is 45.6. The fourth-order valence-corrected chi connectivity index (χ4v) is 8.10. The van der Waals surface area contributed by atoms with Gasteiger partial charge >= 0.3 is 29.8 Å². The topological polar surface area (TPSA) is 270 Å². The maximum absolute atomic E-state index is 12.2. The molecule has 79 heavy (non-hydrogen) atoms. The number of carbonyl (C=O) groups excluding carboxylic acids is 4. The number of nitrogens with two attached hydrogens (primary N) is 1. The molecule has 0 bridgehead atoms. The Kier molecular flexibility index (Phi) is 30.8. The van der Waals surface area contributed by atoms with Crippen LogP contribution in [0, 0.1) is 0 Å². The summed E-state index contributed by atoms with van der Waals surface area (Å²) in [4.78, 5) is 67.8. The summed E-state index contributed by atoms with van der Waals surface area (Å²) in [7, 11) is 0. The summed E-state index contributed by atoms with van der Waals surface area (Å²) >= 11 is 0. The molecular formula is C59H77NO19. The third kappa shape index (κ3) is 25.9. The Hall–Kier alpha value is -6.46. The molecule has 20 heteroatoms. The van der Waals surface area contributed by atoms with E-state index in [0.717, 1.165) is 44.5 Å². The van der Waals surface area contributed by atoms with Crippen molar-refractivity contribution in [3.63, 3.8) is 0 Å². The van der Waals surface area contributed by atoms with Crippen molar-refractivity contribution in [3.8, 4) is 22.3 Å². The number of fused-ring (bicyclic) bond motifs is 6. The number of ketones is 1. The van der Waals surface area contributed by atoms with Gasteiger partial charge in [0.1, 0.15) is 45.2 Å². The SMILES string of the molecule is CC(C)(C)OC(=O)CCOCCOCCOCCN.O=C(O)CCOCCOCCOCCCC(=O)COCC(=O)OCC1c2ccccc2-c2ccccc21.O=C(O)COCC(=O)OCC1c2ccccc2-c2ccccc21. The Morgan fingerprint density at radius 2 is 0.785 bits per heavy atom. The average Bonchev–Trinajstić information content (AvgIpc) is 4.05. The molecule has 0 aromatic heterocycles. The number of rotatable bonds is 36. The van der Waals surface area contributed by atoms with Crippen LogP contribution in [0.3, 0.4) is 0 Å². The van der Waals surface area contributed by atoms with Gasteiger partial charge < -0.3 is 68.1 Å². The number of Topliss-reactive ketones (excluding diaryl/α,β-unsaturated/α-hetero) is 1. The monoisotopic (exact) mass is 1100 g/mol. The molecule has 0 aliphatic heterocycles. The average molecular weight is 1100 g/mol. The Morgan fingerprint density at radius 1 is 0.418 bits per heavy atom. The second-order valence-corrected chi connectivity index (χ2v) is 18.8. The number of esters is 3. The zero-order chi connectivity index (χ0) is 57.1. The van der Waals surface area contributed by atoms with Crippen LogP contribution in [0.2, 0.25) is 0 Å². The Balaban J connectivity index is 0.000000275. The summed E-state index contributed by atoms with van der Waals surface area (Å²) in [6, 6.07) is 32.4. The molecule has 4 aromatic rings. The predicted molar refractivity (Wildman–Crippen MR) is 290 cm³/mol. The van der Waals surface area contributed by atoms with Crippen molar-refractivity contribution < 1.29 is 91.1 Å². The van der Waals surface area contributed by atoms with E-state index in [4.69, 9.17) is 68.1 Å². The van der Waals surface area contributed by atoms with E-state index in [0.29, 0.717) is 92.1 Å². The van der Waals surface area contributed by atoms with Crippen LogP contribution >= 0.6 is 0 Å².